The molecule has 2 aromatic heterocycles. The Morgan fingerprint density at radius 1 is 1.32 bits per heavy atom. The zero-order valence-electron chi connectivity index (χ0n) is 13.4. The van der Waals surface area contributed by atoms with Gasteiger partial charge in [0.15, 0.2) is 0 Å². The first-order chi connectivity index (χ1) is 12.2. The molecule has 0 amide bonds. The van der Waals surface area contributed by atoms with Gasteiger partial charge in [-0.2, -0.15) is 0 Å². The monoisotopic (exact) mass is 377 g/mol. The fraction of sp³-hybridized carbons (Fsp3) is 0.278. The van der Waals surface area contributed by atoms with E-state index in [1.165, 1.54) is 17.4 Å². The molecule has 0 bridgehead atoms. The number of hydrogen-bond donors (Lipinski definition) is 1. The minimum absolute atomic E-state index is 0.0301. The summed E-state index contributed by atoms with van der Waals surface area (Å²) in [6.07, 6.45) is 1.81. The fourth-order valence-electron chi connectivity index (χ4n) is 3.01. The molecule has 4 rings (SSSR count). The Morgan fingerprint density at radius 2 is 2.20 bits per heavy atom. The van der Waals surface area contributed by atoms with Gasteiger partial charge < -0.3 is 9.72 Å². The maximum absolute atomic E-state index is 14.0. The molecule has 1 aromatic carbocycles. The molecule has 1 unspecified atom stereocenters. The number of ether oxygens (including phenoxy) is 1. The third kappa shape index (κ3) is 3.62. The third-order valence-corrected chi connectivity index (χ3v) is 5.58. The number of H-pyrrole nitrogens is 1. The molecule has 1 aliphatic heterocycles. The lowest BCUT2D eigenvalue weighted by Gasteiger charge is -2.34. The average molecular weight is 378 g/mol. The van der Waals surface area contributed by atoms with Gasteiger partial charge in [0.1, 0.15) is 11.6 Å². The van der Waals surface area contributed by atoms with Crippen LogP contribution in [0.2, 0.25) is 4.34 Å². The van der Waals surface area contributed by atoms with E-state index in [1.54, 1.807) is 6.07 Å². The van der Waals surface area contributed by atoms with Crippen LogP contribution >= 0.6 is 22.9 Å². The molecule has 1 fully saturated rings. The fourth-order valence-corrected chi connectivity index (χ4v) is 4.02. The number of halogens is 2. The summed E-state index contributed by atoms with van der Waals surface area (Å²) < 4.78 is 20.4. The Bertz CT molecular complexity index is 865. The van der Waals surface area contributed by atoms with Gasteiger partial charge >= 0.3 is 0 Å². The highest BCUT2D eigenvalue weighted by atomic mass is 35.5. The van der Waals surface area contributed by atoms with Gasteiger partial charge in [-0.25, -0.2) is 9.37 Å². The van der Waals surface area contributed by atoms with Gasteiger partial charge in [0.2, 0.25) is 0 Å². The molecule has 0 spiro atoms. The van der Waals surface area contributed by atoms with E-state index < -0.39 is 0 Å². The number of aromatic amines is 1. The second-order valence-corrected chi connectivity index (χ2v) is 7.65. The average Bonchev–Trinajstić information content (AvgIpc) is 3.26. The van der Waals surface area contributed by atoms with Crippen molar-refractivity contribution in [2.75, 3.05) is 19.8 Å². The molecule has 130 valence electrons. The summed E-state index contributed by atoms with van der Waals surface area (Å²) in [5, 5.41) is 0. The maximum atomic E-state index is 14.0. The van der Waals surface area contributed by atoms with E-state index >= 15 is 0 Å². The van der Waals surface area contributed by atoms with Crippen LogP contribution in [0.25, 0.3) is 10.6 Å². The summed E-state index contributed by atoms with van der Waals surface area (Å²) in [6, 6.07) is 10.7. The van der Waals surface area contributed by atoms with Gasteiger partial charge in [-0.1, -0.05) is 29.8 Å². The summed E-state index contributed by atoms with van der Waals surface area (Å²) >= 11 is 7.52. The van der Waals surface area contributed by atoms with Crippen LogP contribution < -0.4 is 0 Å². The first-order valence-electron chi connectivity index (χ1n) is 8.06. The molecular formula is C18H17ClFN3OS. The SMILES string of the molecule is Fc1ccccc1CN1CCOCC1c1ncc(-c2ccc(Cl)s2)[nH]1. The van der Waals surface area contributed by atoms with E-state index in [2.05, 4.69) is 14.9 Å². The standard InChI is InChI=1S/C18H17ClFN3OS/c19-17-6-5-16(25-17)14-9-21-18(22-14)15-11-24-8-7-23(15)10-12-3-1-2-4-13(12)20/h1-6,9,15H,7-8,10-11H2,(H,21,22). The van der Waals surface area contributed by atoms with Gasteiger partial charge in [0.25, 0.3) is 0 Å². The molecule has 1 atom stereocenters. The van der Waals surface area contributed by atoms with E-state index in [1.807, 2.05) is 30.5 Å². The number of rotatable bonds is 4. The first kappa shape index (κ1) is 16.7. The van der Waals surface area contributed by atoms with E-state index in [-0.39, 0.29) is 11.9 Å². The van der Waals surface area contributed by atoms with Gasteiger partial charge in [-0.05, 0) is 18.2 Å². The quantitative estimate of drug-likeness (QED) is 0.727. The van der Waals surface area contributed by atoms with Crippen LogP contribution in [0, 0.1) is 5.82 Å². The molecule has 25 heavy (non-hydrogen) atoms. The molecule has 0 aliphatic carbocycles. The van der Waals surface area contributed by atoms with Crippen LogP contribution in [0.4, 0.5) is 4.39 Å². The lowest BCUT2D eigenvalue weighted by molar-refractivity contribution is -0.0160. The van der Waals surface area contributed by atoms with Crippen molar-refractivity contribution in [1.82, 2.24) is 14.9 Å². The van der Waals surface area contributed by atoms with Gasteiger partial charge in [0.05, 0.1) is 40.4 Å². The summed E-state index contributed by atoms with van der Waals surface area (Å²) in [4.78, 5) is 11.1. The largest absolute Gasteiger partial charge is 0.378 e. The van der Waals surface area contributed by atoms with Crippen LogP contribution in [0.5, 0.6) is 0 Å². The molecule has 4 nitrogen and oxygen atoms in total. The molecule has 7 heteroatoms. The van der Waals surface area contributed by atoms with Crippen LogP contribution in [0.15, 0.2) is 42.6 Å². The Morgan fingerprint density at radius 3 is 3.00 bits per heavy atom. The molecule has 3 heterocycles. The highest BCUT2D eigenvalue weighted by molar-refractivity contribution is 7.19. The second kappa shape index (κ2) is 7.25. The number of thiophene rings is 1. The molecule has 1 N–H and O–H groups in total. The van der Waals surface area contributed by atoms with Crippen molar-refractivity contribution in [2.24, 2.45) is 0 Å². The first-order valence-corrected chi connectivity index (χ1v) is 9.26. The van der Waals surface area contributed by atoms with E-state index in [9.17, 15) is 4.39 Å². The molecule has 1 aliphatic rings. The Balaban J connectivity index is 1.57. The van der Waals surface area contributed by atoms with Crippen LogP contribution in [0.1, 0.15) is 17.4 Å². The highest BCUT2D eigenvalue weighted by Gasteiger charge is 2.27. The maximum Gasteiger partial charge on any atom is 0.127 e. The number of hydrogen-bond acceptors (Lipinski definition) is 4. The predicted molar refractivity (Wildman–Crippen MR) is 97.3 cm³/mol. The number of morpholine rings is 1. The Labute approximate surface area is 154 Å². The number of nitrogens with zero attached hydrogens (tertiary/aromatic N) is 2. The molecular weight excluding hydrogens is 361 g/mol. The number of benzene rings is 1. The van der Waals surface area contributed by atoms with Gasteiger partial charge in [0, 0.05) is 18.7 Å². The Kier molecular flexibility index (Phi) is 4.85. The topological polar surface area (TPSA) is 41.1 Å². The van der Waals surface area contributed by atoms with Crippen molar-refractivity contribution in [3.8, 4) is 10.6 Å². The summed E-state index contributed by atoms with van der Waals surface area (Å²) in [5.74, 6) is 0.650. The van der Waals surface area contributed by atoms with Crippen molar-refractivity contribution >= 4 is 22.9 Å². The van der Waals surface area contributed by atoms with Gasteiger partial charge in [-0.3, -0.25) is 4.90 Å². The van der Waals surface area contributed by atoms with E-state index in [0.29, 0.717) is 25.3 Å². The van der Waals surface area contributed by atoms with Crippen LogP contribution in [0.3, 0.4) is 0 Å². The molecule has 1 saturated heterocycles. The third-order valence-electron chi connectivity index (χ3n) is 4.32. The lowest BCUT2D eigenvalue weighted by atomic mass is 10.1. The van der Waals surface area contributed by atoms with Crippen LogP contribution in [-0.2, 0) is 11.3 Å². The Hall–Kier alpha value is -1.73. The minimum Gasteiger partial charge on any atom is -0.378 e. The number of nitrogens with one attached hydrogen (secondary N) is 1. The van der Waals surface area contributed by atoms with E-state index in [4.69, 9.17) is 16.3 Å². The van der Waals surface area contributed by atoms with Gasteiger partial charge in [-0.15, -0.1) is 11.3 Å². The molecule has 0 radical (unpaired) electrons. The molecule has 0 saturated carbocycles. The van der Waals surface area contributed by atoms with Crippen molar-refractivity contribution in [1.29, 1.82) is 0 Å². The normalized spacial score (nSPS) is 18.6. The highest BCUT2D eigenvalue weighted by Crippen LogP contribution is 2.32. The van der Waals surface area contributed by atoms with Crippen LogP contribution in [-0.4, -0.2) is 34.6 Å². The summed E-state index contributed by atoms with van der Waals surface area (Å²) in [5.41, 5.74) is 1.62. The predicted octanol–water partition coefficient (Wildman–Crippen LogP) is 4.50. The number of imidazole rings is 1. The molecule has 3 aromatic rings. The van der Waals surface area contributed by atoms with Crippen molar-refractivity contribution < 1.29 is 9.13 Å². The smallest absolute Gasteiger partial charge is 0.127 e. The lowest BCUT2D eigenvalue weighted by Crippen LogP contribution is -2.39. The number of aromatic nitrogens is 2. The minimum atomic E-state index is -0.180. The van der Waals surface area contributed by atoms with Crippen molar-refractivity contribution in [3.63, 3.8) is 0 Å². The zero-order chi connectivity index (χ0) is 17.2. The summed E-state index contributed by atoms with van der Waals surface area (Å²) in [7, 11) is 0. The second-order valence-electron chi connectivity index (χ2n) is 5.94. The zero-order valence-corrected chi connectivity index (χ0v) is 15.0. The van der Waals surface area contributed by atoms with E-state index in [0.717, 1.165) is 27.3 Å². The van der Waals surface area contributed by atoms with Crippen molar-refractivity contribution in [3.05, 3.63) is 64.1 Å². The summed E-state index contributed by atoms with van der Waals surface area (Å²) in [6.45, 7) is 2.44. The van der Waals surface area contributed by atoms with Crippen molar-refractivity contribution in [2.45, 2.75) is 12.6 Å².